The Morgan fingerprint density at radius 2 is 0.775 bits per heavy atom. The smallest absolute Gasteiger partial charge is 0.306 e. The van der Waals surface area contributed by atoms with E-state index in [2.05, 4.69) is 13.8 Å². The maximum atomic E-state index is 12.1. The molecule has 4 heteroatoms. The zero-order valence-electron chi connectivity index (χ0n) is 27.2. The molecule has 1 N–H and O–H groups in total. The Bertz CT molecular complexity index is 533. The molecule has 0 aliphatic heterocycles. The van der Waals surface area contributed by atoms with Crippen LogP contribution in [0.2, 0.25) is 0 Å². The molecule has 0 aliphatic carbocycles. The summed E-state index contributed by atoms with van der Waals surface area (Å²) in [5.74, 6) is -0.658. The van der Waals surface area contributed by atoms with Crippen LogP contribution in [-0.2, 0) is 14.3 Å². The molecule has 0 aromatic rings. The average Bonchev–Trinajstić information content (AvgIpc) is 2.92. The molecule has 238 valence electrons. The number of hydrogen-bond donors (Lipinski definition) is 1. The molecular weight excluding hydrogens is 496 g/mol. The van der Waals surface area contributed by atoms with E-state index in [1.807, 2.05) is 0 Å². The lowest BCUT2D eigenvalue weighted by atomic mass is 10.0. The molecule has 0 saturated carbocycles. The van der Waals surface area contributed by atoms with Crippen molar-refractivity contribution in [2.45, 2.75) is 219 Å². The molecule has 0 rings (SSSR count). The molecule has 0 spiro atoms. The van der Waals surface area contributed by atoms with Crippen molar-refractivity contribution in [2.75, 3.05) is 0 Å². The summed E-state index contributed by atoms with van der Waals surface area (Å²) in [6.45, 7) is 4.33. The summed E-state index contributed by atoms with van der Waals surface area (Å²) in [4.78, 5) is 22.6. The third-order valence-corrected chi connectivity index (χ3v) is 8.32. The van der Waals surface area contributed by atoms with Gasteiger partial charge in [0.15, 0.2) is 0 Å². The van der Waals surface area contributed by atoms with Gasteiger partial charge in [-0.15, -0.1) is 0 Å². The van der Waals surface area contributed by atoms with Crippen LogP contribution < -0.4 is 0 Å². The third-order valence-electron chi connectivity index (χ3n) is 8.32. The van der Waals surface area contributed by atoms with Crippen LogP contribution >= 0.6 is 0 Å². The first kappa shape index (κ1) is 38.9. The molecular formula is C36H70O4. The fourth-order valence-electron chi connectivity index (χ4n) is 5.64. The van der Waals surface area contributed by atoms with Gasteiger partial charge in [-0.1, -0.05) is 167 Å². The summed E-state index contributed by atoms with van der Waals surface area (Å²) in [7, 11) is 0. The van der Waals surface area contributed by atoms with Crippen molar-refractivity contribution in [3.8, 4) is 0 Å². The van der Waals surface area contributed by atoms with E-state index in [1.54, 1.807) is 0 Å². The summed E-state index contributed by atoms with van der Waals surface area (Å²) in [6.07, 6.45) is 38.1. The van der Waals surface area contributed by atoms with Crippen LogP contribution in [0, 0.1) is 0 Å². The van der Waals surface area contributed by atoms with Gasteiger partial charge in [0.05, 0.1) is 6.10 Å². The lowest BCUT2D eigenvalue weighted by Gasteiger charge is -2.13. The van der Waals surface area contributed by atoms with Crippen molar-refractivity contribution >= 4 is 11.9 Å². The number of carbonyl (C=O) groups excluding carboxylic acids is 1. The highest BCUT2D eigenvalue weighted by Gasteiger charge is 2.09. The van der Waals surface area contributed by atoms with Crippen LogP contribution in [0.25, 0.3) is 0 Å². The van der Waals surface area contributed by atoms with Gasteiger partial charge in [0.1, 0.15) is 0 Å². The summed E-state index contributed by atoms with van der Waals surface area (Å²) >= 11 is 0. The van der Waals surface area contributed by atoms with Gasteiger partial charge in [0, 0.05) is 12.8 Å². The van der Waals surface area contributed by atoms with E-state index in [-0.39, 0.29) is 12.1 Å². The lowest BCUT2D eigenvalue weighted by Crippen LogP contribution is -2.14. The zero-order chi connectivity index (χ0) is 29.4. The fraction of sp³-hybridized carbons (Fsp3) is 0.944. The first-order valence-corrected chi connectivity index (χ1v) is 18.0. The van der Waals surface area contributed by atoms with Crippen molar-refractivity contribution in [3.05, 3.63) is 0 Å². The number of aliphatic carboxylic acids is 1. The lowest BCUT2D eigenvalue weighted by molar-refractivity contribution is -0.148. The highest BCUT2D eigenvalue weighted by molar-refractivity contribution is 5.69. The highest BCUT2D eigenvalue weighted by atomic mass is 16.5. The molecule has 0 radical (unpaired) electrons. The maximum Gasteiger partial charge on any atom is 0.306 e. The van der Waals surface area contributed by atoms with E-state index in [0.717, 1.165) is 32.1 Å². The third kappa shape index (κ3) is 33.1. The molecule has 0 heterocycles. The van der Waals surface area contributed by atoms with Crippen LogP contribution in [0.5, 0.6) is 0 Å². The summed E-state index contributed by atoms with van der Waals surface area (Å²) < 4.78 is 5.63. The minimum atomic E-state index is -0.664. The number of rotatable bonds is 33. The minimum Gasteiger partial charge on any atom is -0.481 e. The van der Waals surface area contributed by atoms with E-state index >= 15 is 0 Å². The molecule has 0 aromatic carbocycles. The fourth-order valence-corrected chi connectivity index (χ4v) is 5.64. The molecule has 0 saturated heterocycles. The van der Waals surface area contributed by atoms with Gasteiger partial charge < -0.3 is 9.84 Å². The Hall–Kier alpha value is -1.06. The van der Waals surface area contributed by atoms with Gasteiger partial charge in [-0.3, -0.25) is 9.59 Å². The number of carboxylic acids is 1. The number of esters is 1. The molecule has 0 fully saturated rings. The van der Waals surface area contributed by atoms with E-state index in [0.29, 0.717) is 12.8 Å². The second-order valence-corrected chi connectivity index (χ2v) is 12.5. The highest BCUT2D eigenvalue weighted by Crippen LogP contribution is 2.16. The molecule has 1 unspecified atom stereocenters. The second-order valence-electron chi connectivity index (χ2n) is 12.5. The SMILES string of the molecule is CCCCCCCCCCCCCCCC(=O)OC(C)CCCCCCCCCCCCCCCCCC(=O)O. The first-order valence-electron chi connectivity index (χ1n) is 18.0. The molecule has 1 atom stereocenters. The Labute approximate surface area is 250 Å². The van der Waals surface area contributed by atoms with Crippen molar-refractivity contribution < 1.29 is 19.4 Å². The zero-order valence-corrected chi connectivity index (χ0v) is 27.2. The average molecular weight is 567 g/mol. The van der Waals surface area contributed by atoms with Gasteiger partial charge in [0.2, 0.25) is 0 Å². The van der Waals surface area contributed by atoms with Gasteiger partial charge in [-0.05, 0) is 32.6 Å². The molecule has 4 nitrogen and oxygen atoms in total. The van der Waals surface area contributed by atoms with Crippen molar-refractivity contribution in [3.63, 3.8) is 0 Å². The van der Waals surface area contributed by atoms with Gasteiger partial charge >= 0.3 is 11.9 Å². The second kappa shape index (κ2) is 32.5. The Kier molecular flexibility index (Phi) is 31.6. The van der Waals surface area contributed by atoms with Gasteiger partial charge in [-0.25, -0.2) is 0 Å². The quantitative estimate of drug-likeness (QED) is 0.0633. The number of ether oxygens (including phenoxy) is 1. The predicted octanol–water partition coefficient (Wildman–Crippen LogP) is 12.1. The van der Waals surface area contributed by atoms with Crippen LogP contribution in [0.15, 0.2) is 0 Å². The Morgan fingerprint density at radius 3 is 1.12 bits per heavy atom. The standard InChI is InChI=1S/C36H70O4/c1-3-4-5-6-7-8-9-13-18-21-24-27-30-33-36(39)40-34(2)31-28-25-22-19-16-14-11-10-12-15-17-20-23-26-29-32-35(37)38/h34H,3-33H2,1-2H3,(H,37,38). The number of carbonyl (C=O) groups is 2. The number of carboxylic acid groups (broad SMARTS) is 1. The van der Waals surface area contributed by atoms with Crippen molar-refractivity contribution in [1.82, 2.24) is 0 Å². The Balaban J connectivity index is 3.27. The van der Waals surface area contributed by atoms with Gasteiger partial charge in [0.25, 0.3) is 0 Å². The van der Waals surface area contributed by atoms with Crippen LogP contribution in [0.3, 0.4) is 0 Å². The summed E-state index contributed by atoms with van der Waals surface area (Å²) in [5.41, 5.74) is 0. The minimum absolute atomic E-state index is 0.00584. The van der Waals surface area contributed by atoms with E-state index in [1.165, 1.54) is 154 Å². The number of hydrogen-bond acceptors (Lipinski definition) is 3. The monoisotopic (exact) mass is 567 g/mol. The van der Waals surface area contributed by atoms with Crippen LogP contribution in [0.4, 0.5) is 0 Å². The first-order chi connectivity index (χ1) is 19.6. The normalized spacial score (nSPS) is 12.1. The van der Waals surface area contributed by atoms with Gasteiger partial charge in [-0.2, -0.15) is 0 Å². The largest absolute Gasteiger partial charge is 0.481 e. The summed E-state index contributed by atoms with van der Waals surface area (Å²) in [6, 6.07) is 0. The van der Waals surface area contributed by atoms with E-state index in [4.69, 9.17) is 9.84 Å². The molecule has 0 amide bonds. The van der Waals surface area contributed by atoms with E-state index in [9.17, 15) is 9.59 Å². The van der Waals surface area contributed by atoms with Crippen molar-refractivity contribution in [2.24, 2.45) is 0 Å². The molecule has 40 heavy (non-hydrogen) atoms. The maximum absolute atomic E-state index is 12.1. The van der Waals surface area contributed by atoms with E-state index < -0.39 is 5.97 Å². The number of unbranched alkanes of at least 4 members (excludes halogenated alkanes) is 26. The van der Waals surface area contributed by atoms with Crippen LogP contribution in [0.1, 0.15) is 213 Å². The Morgan fingerprint density at radius 1 is 0.475 bits per heavy atom. The predicted molar refractivity (Wildman–Crippen MR) is 172 cm³/mol. The molecule has 0 bridgehead atoms. The van der Waals surface area contributed by atoms with Crippen LogP contribution in [-0.4, -0.2) is 23.1 Å². The molecule has 0 aromatic heterocycles. The topological polar surface area (TPSA) is 63.6 Å². The van der Waals surface area contributed by atoms with Crippen molar-refractivity contribution in [1.29, 1.82) is 0 Å². The summed E-state index contributed by atoms with van der Waals surface area (Å²) in [5, 5.41) is 8.63. The molecule has 0 aliphatic rings.